The Morgan fingerprint density at radius 3 is 1.88 bits per heavy atom. The van der Waals surface area contributed by atoms with E-state index in [1.165, 1.54) is 35.1 Å². The molecule has 0 aromatic heterocycles. The zero-order chi connectivity index (χ0) is 11.7. The molecule has 0 amide bonds. The van der Waals surface area contributed by atoms with Crippen LogP contribution in [-0.2, 0) is 0 Å². The van der Waals surface area contributed by atoms with Gasteiger partial charge in [0.2, 0.25) is 0 Å². The minimum Gasteiger partial charge on any atom is -0.0619 e. The van der Waals surface area contributed by atoms with Gasteiger partial charge < -0.3 is 0 Å². The Balaban J connectivity index is 2.10. The molecule has 0 N–H and O–H groups in total. The lowest BCUT2D eigenvalue weighted by molar-refractivity contribution is 0.679. The van der Waals surface area contributed by atoms with Crippen LogP contribution in [0.2, 0.25) is 0 Å². The zero-order valence-electron chi connectivity index (χ0n) is 10.0. The van der Waals surface area contributed by atoms with Crippen LogP contribution in [0.5, 0.6) is 0 Å². The van der Waals surface area contributed by atoms with Crippen LogP contribution in [0.3, 0.4) is 0 Å². The molecule has 1 aliphatic rings. The van der Waals surface area contributed by atoms with Crippen LogP contribution >= 0.6 is 0 Å². The number of unbranched alkanes of at least 4 members (excludes halogenated alkanes) is 1. The molecule has 1 radical (unpaired) electrons. The largest absolute Gasteiger partial charge is 0.0619 e. The maximum Gasteiger partial charge on any atom is 0.0102 e. The first kappa shape index (κ1) is 10.6. The van der Waals surface area contributed by atoms with E-state index in [1.54, 1.807) is 0 Å². The summed E-state index contributed by atoms with van der Waals surface area (Å²) in [5.41, 5.74) is 5.86. The maximum absolute atomic E-state index is 3.96. The summed E-state index contributed by atoms with van der Waals surface area (Å²) in [6.07, 6.45) is 3.45. The molecule has 0 saturated heterocycles. The normalized spacial score (nSPS) is 13.5. The third-order valence-corrected chi connectivity index (χ3v) is 3.71. The summed E-state index contributed by atoms with van der Waals surface area (Å²) in [5.74, 6) is 0.587. The predicted molar refractivity (Wildman–Crippen MR) is 72.9 cm³/mol. The van der Waals surface area contributed by atoms with Crippen LogP contribution in [0.1, 0.15) is 36.3 Å². The SMILES string of the molecule is [CH2]CCCC1c2ccccc2-c2ccccc21. The lowest BCUT2D eigenvalue weighted by Gasteiger charge is -2.12. The molecule has 0 heteroatoms. The summed E-state index contributed by atoms with van der Waals surface area (Å²) in [5, 5.41) is 0. The lowest BCUT2D eigenvalue weighted by atomic mass is 9.92. The van der Waals surface area contributed by atoms with Gasteiger partial charge in [0.15, 0.2) is 0 Å². The van der Waals surface area contributed by atoms with Crippen LogP contribution in [0.4, 0.5) is 0 Å². The molecule has 0 aliphatic heterocycles. The highest BCUT2D eigenvalue weighted by Crippen LogP contribution is 2.46. The van der Waals surface area contributed by atoms with Gasteiger partial charge >= 0.3 is 0 Å². The first-order valence-corrected chi connectivity index (χ1v) is 6.39. The average Bonchev–Trinajstić information content (AvgIpc) is 2.71. The van der Waals surface area contributed by atoms with Gasteiger partial charge in [-0.25, -0.2) is 0 Å². The quantitative estimate of drug-likeness (QED) is 0.698. The van der Waals surface area contributed by atoms with Gasteiger partial charge in [-0.2, -0.15) is 0 Å². The predicted octanol–water partition coefficient (Wildman–Crippen LogP) is 4.80. The van der Waals surface area contributed by atoms with Crippen molar-refractivity contribution < 1.29 is 0 Å². The molecule has 0 bridgehead atoms. The number of benzene rings is 2. The minimum absolute atomic E-state index is 0.587. The monoisotopic (exact) mass is 221 g/mol. The van der Waals surface area contributed by atoms with Gasteiger partial charge in [0.1, 0.15) is 0 Å². The molecule has 0 saturated carbocycles. The topological polar surface area (TPSA) is 0 Å². The van der Waals surface area contributed by atoms with Crippen LogP contribution in [-0.4, -0.2) is 0 Å². The van der Waals surface area contributed by atoms with Crippen molar-refractivity contribution in [2.75, 3.05) is 0 Å². The summed E-state index contributed by atoms with van der Waals surface area (Å²) in [7, 11) is 0. The third-order valence-electron chi connectivity index (χ3n) is 3.71. The molecular weight excluding hydrogens is 204 g/mol. The van der Waals surface area contributed by atoms with Crippen molar-refractivity contribution in [3.05, 3.63) is 66.6 Å². The summed E-state index contributed by atoms with van der Waals surface area (Å²) in [6, 6.07) is 17.6. The Bertz CT molecular complexity index is 480. The second kappa shape index (κ2) is 4.37. The Hall–Kier alpha value is -1.56. The van der Waals surface area contributed by atoms with Crippen LogP contribution < -0.4 is 0 Å². The van der Waals surface area contributed by atoms with Crippen molar-refractivity contribution >= 4 is 0 Å². The van der Waals surface area contributed by atoms with Gasteiger partial charge in [-0.05, 0) is 28.7 Å². The van der Waals surface area contributed by atoms with Gasteiger partial charge in [-0.1, -0.05) is 68.3 Å². The minimum atomic E-state index is 0.587. The third kappa shape index (κ3) is 1.68. The van der Waals surface area contributed by atoms with E-state index in [0.29, 0.717) is 5.92 Å². The average molecular weight is 221 g/mol. The number of hydrogen-bond donors (Lipinski definition) is 0. The number of hydrogen-bond acceptors (Lipinski definition) is 0. The highest BCUT2D eigenvalue weighted by Gasteiger charge is 2.26. The number of rotatable bonds is 3. The fourth-order valence-corrected chi connectivity index (χ4v) is 2.92. The molecule has 3 rings (SSSR count). The summed E-state index contributed by atoms with van der Waals surface area (Å²) >= 11 is 0. The molecule has 0 fully saturated rings. The first-order valence-electron chi connectivity index (χ1n) is 6.39. The van der Waals surface area contributed by atoms with E-state index in [2.05, 4.69) is 55.5 Å². The van der Waals surface area contributed by atoms with Crippen molar-refractivity contribution in [3.63, 3.8) is 0 Å². The van der Waals surface area contributed by atoms with E-state index >= 15 is 0 Å². The Morgan fingerprint density at radius 1 is 0.824 bits per heavy atom. The van der Waals surface area contributed by atoms with E-state index in [9.17, 15) is 0 Å². The smallest absolute Gasteiger partial charge is 0.0102 e. The van der Waals surface area contributed by atoms with E-state index in [-0.39, 0.29) is 0 Å². The van der Waals surface area contributed by atoms with Gasteiger partial charge in [-0.3, -0.25) is 0 Å². The van der Waals surface area contributed by atoms with Gasteiger partial charge in [0, 0.05) is 5.92 Å². The van der Waals surface area contributed by atoms with Crippen molar-refractivity contribution in [2.24, 2.45) is 0 Å². The molecule has 0 unspecified atom stereocenters. The second-order valence-electron chi connectivity index (χ2n) is 4.72. The molecule has 0 nitrogen and oxygen atoms in total. The maximum atomic E-state index is 3.96. The van der Waals surface area contributed by atoms with E-state index in [0.717, 1.165) is 6.42 Å². The fraction of sp³-hybridized carbons (Fsp3) is 0.235. The first-order chi connectivity index (χ1) is 8.42. The van der Waals surface area contributed by atoms with Gasteiger partial charge in [0.05, 0.1) is 0 Å². The van der Waals surface area contributed by atoms with Crippen LogP contribution in [0, 0.1) is 6.92 Å². The molecule has 2 aromatic carbocycles. The van der Waals surface area contributed by atoms with E-state index in [4.69, 9.17) is 0 Å². The molecule has 85 valence electrons. The Kier molecular flexibility index (Phi) is 2.72. The molecule has 0 atom stereocenters. The molecule has 2 aromatic rings. The van der Waals surface area contributed by atoms with Crippen LogP contribution in [0.25, 0.3) is 11.1 Å². The molecule has 17 heavy (non-hydrogen) atoms. The summed E-state index contributed by atoms with van der Waals surface area (Å²) < 4.78 is 0. The number of fused-ring (bicyclic) bond motifs is 3. The molecule has 1 aliphatic carbocycles. The van der Waals surface area contributed by atoms with Crippen LogP contribution in [0.15, 0.2) is 48.5 Å². The van der Waals surface area contributed by atoms with Crippen molar-refractivity contribution in [3.8, 4) is 11.1 Å². The van der Waals surface area contributed by atoms with Crippen molar-refractivity contribution in [1.29, 1.82) is 0 Å². The fourth-order valence-electron chi connectivity index (χ4n) is 2.92. The zero-order valence-corrected chi connectivity index (χ0v) is 10.0. The molecular formula is C17H17. The standard InChI is InChI=1S/C17H17/c1-2-3-8-13-14-9-4-6-11-16(14)17-12-7-5-10-15(13)17/h4-7,9-13H,1-3,8H2. The van der Waals surface area contributed by atoms with Gasteiger partial charge in [0.25, 0.3) is 0 Å². The Labute approximate surface area is 103 Å². The second-order valence-corrected chi connectivity index (χ2v) is 4.72. The highest BCUT2D eigenvalue weighted by molar-refractivity contribution is 5.78. The van der Waals surface area contributed by atoms with Gasteiger partial charge in [-0.15, -0.1) is 0 Å². The lowest BCUT2D eigenvalue weighted by Crippen LogP contribution is -1.96. The Morgan fingerprint density at radius 2 is 1.35 bits per heavy atom. The summed E-state index contributed by atoms with van der Waals surface area (Å²) in [6.45, 7) is 3.96. The van der Waals surface area contributed by atoms with Crippen molar-refractivity contribution in [2.45, 2.75) is 25.2 Å². The van der Waals surface area contributed by atoms with E-state index < -0.39 is 0 Å². The van der Waals surface area contributed by atoms with Crippen molar-refractivity contribution in [1.82, 2.24) is 0 Å². The molecule has 0 heterocycles. The highest BCUT2D eigenvalue weighted by atomic mass is 14.3. The van der Waals surface area contributed by atoms with E-state index in [1.807, 2.05) is 0 Å². The molecule has 0 spiro atoms. The summed E-state index contributed by atoms with van der Waals surface area (Å²) in [4.78, 5) is 0.